The van der Waals surface area contributed by atoms with Crippen LogP contribution in [0.2, 0.25) is 0 Å². The largest absolute Gasteiger partial charge is 0.444 e. The molecule has 0 aliphatic rings. The molecule has 0 heterocycles. The number of rotatable bonds is 7. The normalized spacial score (nSPS) is 10.9. The van der Waals surface area contributed by atoms with E-state index in [4.69, 9.17) is 4.74 Å². The number of anilines is 1. The Hall–Kier alpha value is -2.82. The van der Waals surface area contributed by atoms with Crippen LogP contribution in [-0.4, -0.2) is 24.1 Å². The number of hydrogen-bond acceptors (Lipinski definition) is 3. The van der Waals surface area contributed by atoms with Gasteiger partial charge in [-0.3, -0.25) is 4.79 Å². The molecule has 0 spiro atoms. The first-order valence-corrected chi connectivity index (χ1v) is 9.22. The summed E-state index contributed by atoms with van der Waals surface area (Å²) in [6.45, 7) is 5.83. The average Bonchev–Trinajstić information content (AvgIpc) is 2.60. The van der Waals surface area contributed by atoms with Crippen molar-refractivity contribution in [3.05, 3.63) is 65.7 Å². The molecule has 0 aromatic heterocycles. The van der Waals surface area contributed by atoms with E-state index in [2.05, 4.69) is 22.8 Å². The lowest BCUT2D eigenvalue weighted by Gasteiger charge is -2.19. The molecule has 0 atom stereocenters. The Bertz CT molecular complexity index is 752. The smallest absolute Gasteiger partial charge is 0.407 e. The highest BCUT2D eigenvalue weighted by Gasteiger charge is 2.15. The predicted octanol–water partition coefficient (Wildman–Crippen LogP) is 4.52. The molecule has 2 aromatic carbocycles. The predicted molar refractivity (Wildman–Crippen MR) is 108 cm³/mol. The number of carbonyl (C=O) groups excluding carboxylic acids is 2. The third kappa shape index (κ3) is 7.94. The second kappa shape index (κ2) is 9.76. The quantitative estimate of drug-likeness (QED) is 0.706. The highest BCUT2D eigenvalue weighted by Crippen LogP contribution is 2.19. The van der Waals surface area contributed by atoms with Crippen molar-refractivity contribution in [2.45, 2.75) is 45.6 Å². The van der Waals surface area contributed by atoms with Gasteiger partial charge >= 0.3 is 6.09 Å². The van der Waals surface area contributed by atoms with Crippen molar-refractivity contribution in [1.82, 2.24) is 5.32 Å². The molecule has 5 heteroatoms. The molecule has 0 saturated carbocycles. The fourth-order valence-electron chi connectivity index (χ4n) is 2.58. The standard InChI is InChI=1S/C22H28N2O3/c1-22(2,3)27-21(26)23-15-9-14-20(25)24-19-13-8-7-12-18(19)16-17-10-5-4-6-11-17/h4-8,10-13H,9,14-16H2,1-3H3,(H,23,26)(H,24,25). The third-order valence-corrected chi connectivity index (χ3v) is 3.78. The van der Waals surface area contributed by atoms with E-state index in [1.165, 1.54) is 5.56 Å². The van der Waals surface area contributed by atoms with E-state index >= 15 is 0 Å². The third-order valence-electron chi connectivity index (χ3n) is 3.78. The van der Waals surface area contributed by atoms with E-state index in [1.807, 2.05) is 63.2 Å². The Morgan fingerprint density at radius 1 is 0.963 bits per heavy atom. The number of ether oxygens (including phenoxy) is 1. The van der Waals surface area contributed by atoms with E-state index in [9.17, 15) is 9.59 Å². The summed E-state index contributed by atoms with van der Waals surface area (Å²) in [4.78, 5) is 23.8. The molecule has 27 heavy (non-hydrogen) atoms. The Morgan fingerprint density at radius 2 is 1.63 bits per heavy atom. The van der Waals surface area contributed by atoms with Crippen molar-refractivity contribution in [2.24, 2.45) is 0 Å². The van der Waals surface area contributed by atoms with Crippen LogP contribution in [0.1, 0.15) is 44.7 Å². The molecular weight excluding hydrogens is 340 g/mol. The Labute approximate surface area is 161 Å². The lowest BCUT2D eigenvalue weighted by Crippen LogP contribution is -2.33. The molecule has 144 valence electrons. The van der Waals surface area contributed by atoms with Crippen LogP contribution in [0.4, 0.5) is 10.5 Å². The van der Waals surface area contributed by atoms with Crippen molar-refractivity contribution in [1.29, 1.82) is 0 Å². The van der Waals surface area contributed by atoms with Gasteiger partial charge in [0.2, 0.25) is 5.91 Å². The summed E-state index contributed by atoms with van der Waals surface area (Å²) < 4.78 is 5.16. The molecule has 0 radical (unpaired) electrons. The van der Waals surface area contributed by atoms with Crippen LogP contribution in [0.5, 0.6) is 0 Å². The molecule has 0 bridgehead atoms. The van der Waals surface area contributed by atoms with Crippen LogP contribution in [0.3, 0.4) is 0 Å². The topological polar surface area (TPSA) is 67.4 Å². The van der Waals surface area contributed by atoms with Crippen LogP contribution in [0.15, 0.2) is 54.6 Å². The minimum Gasteiger partial charge on any atom is -0.444 e. The van der Waals surface area contributed by atoms with Gasteiger partial charge in [-0.1, -0.05) is 48.5 Å². The van der Waals surface area contributed by atoms with E-state index < -0.39 is 11.7 Å². The summed E-state index contributed by atoms with van der Waals surface area (Å²) in [7, 11) is 0. The van der Waals surface area contributed by atoms with Gasteiger partial charge in [-0.25, -0.2) is 4.79 Å². The molecule has 0 unspecified atom stereocenters. The monoisotopic (exact) mass is 368 g/mol. The van der Waals surface area contributed by atoms with E-state index in [-0.39, 0.29) is 5.91 Å². The number of hydrogen-bond donors (Lipinski definition) is 2. The van der Waals surface area contributed by atoms with Crippen molar-refractivity contribution in [3.8, 4) is 0 Å². The van der Waals surface area contributed by atoms with Gasteiger partial charge in [0, 0.05) is 18.7 Å². The van der Waals surface area contributed by atoms with Crippen molar-refractivity contribution in [3.63, 3.8) is 0 Å². The van der Waals surface area contributed by atoms with Crippen LogP contribution < -0.4 is 10.6 Å². The van der Waals surface area contributed by atoms with Gasteiger partial charge in [-0.2, -0.15) is 0 Å². The maximum atomic E-state index is 12.2. The van der Waals surface area contributed by atoms with Gasteiger partial charge in [0.1, 0.15) is 5.60 Å². The molecule has 5 nitrogen and oxygen atoms in total. The summed E-state index contributed by atoms with van der Waals surface area (Å²) in [5.41, 5.74) is 2.57. The molecule has 0 aliphatic carbocycles. The molecule has 2 amide bonds. The first-order chi connectivity index (χ1) is 12.8. The highest BCUT2D eigenvalue weighted by atomic mass is 16.6. The first-order valence-electron chi connectivity index (χ1n) is 9.22. The number of alkyl carbamates (subject to hydrolysis) is 1. The van der Waals surface area contributed by atoms with Gasteiger partial charge in [0.05, 0.1) is 0 Å². The van der Waals surface area contributed by atoms with Crippen molar-refractivity contribution < 1.29 is 14.3 Å². The molecule has 2 N–H and O–H groups in total. The van der Waals surface area contributed by atoms with E-state index in [0.717, 1.165) is 17.7 Å². The summed E-state index contributed by atoms with van der Waals surface area (Å²) in [5, 5.41) is 5.64. The SMILES string of the molecule is CC(C)(C)OC(=O)NCCCC(=O)Nc1ccccc1Cc1ccccc1. The number of carbonyl (C=O) groups is 2. The zero-order valence-electron chi connectivity index (χ0n) is 16.2. The van der Waals surface area contributed by atoms with E-state index in [1.54, 1.807) is 0 Å². The summed E-state index contributed by atoms with van der Waals surface area (Å²) >= 11 is 0. The minimum atomic E-state index is -0.524. The molecular formula is C22H28N2O3. The number of amides is 2. The molecule has 2 aromatic rings. The zero-order valence-corrected chi connectivity index (χ0v) is 16.2. The van der Waals surface area contributed by atoms with E-state index in [0.29, 0.717) is 19.4 Å². The number of para-hydroxylation sites is 1. The average molecular weight is 368 g/mol. The van der Waals surface area contributed by atoms with Crippen molar-refractivity contribution in [2.75, 3.05) is 11.9 Å². The summed E-state index contributed by atoms with van der Waals surface area (Å²) in [6.07, 6.45) is 1.18. The fraction of sp³-hybridized carbons (Fsp3) is 0.364. The highest BCUT2D eigenvalue weighted by molar-refractivity contribution is 5.91. The zero-order chi connectivity index (χ0) is 19.7. The van der Waals surface area contributed by atoms with Crippen molar-refractivity contribution >= 4 is 17.7 Å². The minimum absolute atomic E-state index is 0.0681. The molecule has 0 fully saturated rings. The molecule has 0 saturated heterocycles. The van der Waals surface area contributed by atoms with Gasteiger partial charge in [0.15, 0.2) is 0 Å². The van der Waals surface area contributed by atoms with Gasteiger partial charge in [0.25, 0.3) is 0 Å². The van der Waals surface area contributed by atoms with Crippen LogP contribution >= 0.6 is 0 Å². The molecule has 2 rings (SSSR count). The fourth-order valence-corrected chi connectivity index (χ4v) is 2.58. The summed E-state index contributed by atoms with van der Waals surface area (Å²) in [6, 6.07) is 18.0. The number of benzene rings is 2. The van der Waals surface area contributed by atoms with Crippen LogP contribution in [0.25, 0.3) is 0 Å². The number of nitrogens with one attached hydrogen (secondary N) is 2. The Morgan fingerprint density at radius 3 is 2.33 bits per heavy atom. The summed E-state index contributed by atoms with van der Waals surface area (Å²) in [5.74, 6) is -0.0681. The maximum Gasteiger partial charge on any atom is 0.407 e. The van der Waals surface area contributed by atoms with Gasteiger partial charge in [-0.05, 0) is 50.8 Å². The van der Waals surface area contributed by atoms with Gasteiger partial charge < -0.3 is 15.4 Å². The van der Waals surface area contributed by atoms with Crippen LogP contribution in [-0.2, 0) is 16.0 Å². The molecule has 0 aliphatic heterocycles. The second-order valence-corrected chi connectivity index (χ2v) is 7.40. The Balaban J connectivity index is 1.80. The van der Waals surface area contributed by atoms with Gasteiger partial charge in [-0.15, -0.1) is 0 Å². The lowest BCUT2D eigenvalue weighted by molar-refractivity contribution is -0.116. The first kappa shape index (κ1) is 20.5. The lowest BCUT2D eigenvalue weighted by atomic mass is 10.0. The van der Waals surface area contributed by atoms with Crippen LogP contribution in [0, 0.1) is 0 Å². The second-order valence-electron chi connectivity index (χ2n) is 7.40. The Kier molecular flexibility index (Phi) is 7.41. The maximum absolute atomic E-state index is 12.2.